The number of nitrogens with two attached hydrogens (primary N) is 1. The van der Waals surface area contributed by atoms with E-state index in [4.69, 9.17) is 29.0 Å². The van der Waals surface area contributed by atoms with Crippen molar-refractivity contribution < 1.29 is 71.4 Å². The van der Waals surface area contributed by atoms with Crippen LogP contribution in [-0.4, -0.2) is 96.9 Å². The Morgan fingerprint density at radius 2 is 1.22 bits per heavy atom. The van der Waals surface area contributed by atoms with E-state index in [1.165, 1.54) is 25.3 Å². The molecule has 21 heteroatoms. The Morgan fingerprint density at radius 1 is 0.712 bits per heavy atom. The number of carbonyl (C=O) groups is 2. The smallest absolute Gasteiger partial charge is 0.462 e. The summed E-state index contributed by atoms with van der Waals surface area (Å²) in [6.07, 6.45) is 39.8. The molecule has 0 aliphatic carbocycles. The number of rotatable bonds is 40. The van der Waals surface area contributed by atoms with Gasteiger partial charge >= 0.3 is 33.3 Å². The lowest BCUT2D eigenvalue weighted by atomic mass is 10.1. The third-order valence-electron chi connectivity index (χ3n) is 10.7. The fourth-order valence-electron chi connectivity index (χ4n) is 6.73. The zero-order valence-corrected chi connectivity index (χ0v) is 44.3. The Labute approximate surface area is 431 Å². The van der Waals surface area contributed by atoms with Crippen LogP contribution in [0.5, 0.6) is 0 Å². The molecule has 8 atom stereocenters. The van der Waals surface area contributed by atoms with Crippen LogP contribution in [0.4, 0.5) is 5.82 Å². The molecule has 1 aromatic rings. The molecule has 1 aromatic heterocycles. The molecule has 0 aromatic carbocycles. The van der Waals surface area contributed by atoms with Gasteiger partial charge in [0, 0.05) is 19.0 Å². The number of ether oxygens (including phenoxy) is 3. The van der Waals surface area contributed by atoms with Crippen LogP contribution in [0.15, 0.2) is 114 Å². The number of hydrogen-bond donors (Lipinski definition) is 6. The van der Waals surface area contributed by atoms with Crippen LogP contribution in [0.1, 0.15) is 142 Å². The topological polar surface area (TPSA) is 286 Å². The second-order valence-electron chi connectivity index (χ2n) is 17.1. The molecule has 1 saturated heterocycles. The van der Waals surface area contributed by atoms with Gasteiger partial charge in [-0.25, -0.2) is 13.9 Å². The number of carbonyl (C=O) groups excluding carboxylic acids is 2. The molecule has 0 amide bonds. The van der Waals surface area contributed by atoms with E-state index in [0.717, 1.165) is 68.6 Å². The van der Waals surface area contributed by atoms with Gasteiger partial charge in [0.15, 0.2) is 12.3 Å². The first-order chi connectivity index (χ1) is 35.1. The summed E-state index contributed by atoms with van der Waals surface area (Å²) in [6.45, 7) is 1.84. The van der Waals surface area contributed by atoms with Gasteiger partial charge in [0.05, 0.1) is 19.3 Å². The second-order valence-corrected chi connectivity index (χ2v) is 20.2. The number of hydrogen-bond acceptors (Lipinski definition) is 16. The average molecular weight is 1070 g/mol. The Balaban J connectivity index is 1.87. The van der Waals surface area contributed by atoms with Crippen LogP contribution in [0.25, 0.3) is 0 Å². The van der Waals surface area contributed by atoms with E-state index in [1.807, 2.05) is 54.7 Å². The number of aliphatic hydroxyl groups excluding tert-OH is 3. The van der Waals surface area contributed by atoms with E-state index in [1.54, 1.807) is 0 Å². The van der Waals surface area contributed by atoms with Gasteiger partial charge in [-0.05, 0) is 89.5 Å². The number of phosphoric acid groups is 2. The quantitative estimate of drug-likeness (QED) is 0.0154. The molecule has 1 aliphatic heterocycles. The van der Waals surface area contributed by atoms with Crippen LogP contribution in [0.3, 0.4) is 0 Å². The van der Waals surface area contributed by atoms with E-state index < -0.39 is 89.8 Å². The minimum atomic E-state index is -5.46. The number of nitrogens with zero attached hydrogens (tertiary/aromatic N) is 2. The number of phosphoric ester groups is 2. The van der Waals surface area contributed by atoms with Gasteiger partial charge in [-0.2, -0.15) is 9.29 Å². The molecule has 73 heavy (non-hydrogen) atoms. The minimum absolute atomic E-state index is 0.0169. The summed E-state index contributed by atoms with van der Waals surface area (Å²) in [7, 11) is -10.9. The van der Waals surface area contributed by atoms with Gasteiger partial charge in [0.25, 0.3) is 0 Å². The first-order valence-corrected chi connectivity index (χ1v) is 28.3. The van der Waals surface area contributed by atoms with Crippen molar-refractivity contribution >= 4 is 33.4 Å². The maximum Gasteiger partial charge on any atom is 0.481 e. The lowest BCUT2D eigenvalue weighted by molar-refractivity contribution is -0.161. The van der Waals surface area contributed by atoms with Gasteiger partial charge in [0.2, 0.25) is 0 Å². The lowest BCUT2D eigenvalue weighted by Crippen LogP contribution is -2.36. The number of anilines is 1. The Bertz CT molecular complexity index is 2120. The maximum absolute atomic E-state index is 12.8. The van der Waals surface area contributed by atoms with Crippen molar-refractivity contribution in [2.24, 2.45) is 0 Å². The standard InChI is InChI=1S/C52H81N3O16P2/c1-3-5-7-8-9-10-11-12-13-14-15-16-21-24-27-30-33-37-48(58)69-44(40-66-47(57)36-32-29-26-23-20-18-17-19-22-25-28-31-35-43(56)34-6-4-2)41-67-72(62,63)71-73(64,65)68-42-45-49(59)50(60)51(70-45)55-39-38-46(53)54-52(55)61/h9-10,12-13,15-18,22-27,31,35,38-39,43-45,49-51,56,59-60H,3-8,11,14,19-21,28-30,32-34,36-37,40-42H2,1-2H3,(H,62,63)(H,64,65)(H2,53,54,61)/b10-9-,13-12-,16-15-,18-17-,25-22-,26-23-,27-24-,35-31-/t43-,44+,45+,49+,50+,51+/m0/s1. The zero-order chi connectivity index (χ0) is 53.6. The summed E-state index contributed by atoms with van der Waals surface area (Å²) < 4.78 is 56.6. The van der Waals surface area contributed by atoms with E-state index >= 15 is 0 Å². The van der Waals surface area contributed by atoms with Crippen molar-refractivity contribution in [1.82, 2.24) is 9.55 Å². The highest BCUT2D eigenvalue weighted by molar-refractivity contribution is 7.61. The molecule has 0 bridgehead atoms. The summed E-state index contributed by atoms with van der Waals surface area (Å²) >= 11 is 0. The summed E-state index contributed by atoms with van der Waals surface area (Å²) in [5.41, 5.74) is 4.57. The Morgan fingerprint density at radius 3 is 1.77 bits per heavy atom. The van der Waals surface area contributed by atoms with E-state index in [9.17, 15) is 48.6 Å². The highest BCUT2D eigenvalue weighted by Gasteiger charge is 2.46. The highest BCUT2D eigenvalue weighted by Crippen LogP contribution is 2.60. The summed E-state index contributed by atoms with van der Waals surface area (Å²) in [4.78, 5) is 61.9. The van der Waals surface area contributed by atoms with Crippen molar-refractivity contribution in [3.05, 3.63) is 120 Å². The Kier molecular flexibility index (Phi) is 34.7. The van der Waals surface area contributed by atoms with Crippen molar-refractivity contribution in [3.8, 4) is 0 Å². The van der Waals surface area contributed by atoms with Gasteiger partial charge in [-0.1, -0.05) is 137 Å². The van der Waals surface area contributed by atoms with Crippen molar-refractivity contribution in [2.75, 3.05) is 25.6 Å². The van der Waals surface area contributed by atoms with Crippen LogP contribution in [0, 0.1) is 0 Å². The third-order valence-corrected chi connectivity index (χ3v) is 13.3. The van der Waals surface area contributed by atoms with E-state index in [2.05, 4.69) is 65.7 Å². The summed E-state index contributed by atoms with van der Waals surface area (Å²) in [6, 6.07) is 1.24. The lowest BCUT2D eigenvalue weighted by Gasteiger charge is -2.21. The molecule has 7 N–H and O–H groups in total. The van der Waals surface area contributed by atoms with Gasteiger partial charge in [0.1, 0.15) is 30.7 Å². The molecule has 0 spiro atoms. The molecule has 1 aliphatic rings. The molecule has 2 unspecified atom stereocenters. The monoisotopic (exact) mass is 1070 g/mol. The second kappa shape index (κ2) is 39.1. The molecule has 19 nitrogen and oxygen atoms in total. The molecule has 0 saturated carbocycles. The van der Waals surface area contributed by atoms with Gasteiger partial charge in [-0.15, -0.1) is 0 Å². The SMILES string of the molecule is CCCCC/C=C\C/C=C\C/C=C\C/C=C\CCCC(=O)O[C@H](COC(=O)CCC/C=C\C/C=C\C/C=C\C/C=C\[C@@H](O)CCCC)COP(=O)(O)OP(=O)(O)OC[C@H]1O[C@@H](n2ccc(N)nc2=O)[C@H](O)[C@@H]1O. The predicted molar refractivity (Wildman–Crippen MR) is 281 cm³/mol. The van der Waals surface area contributed by atoms with E-state index in [0.29, 0.717) is 32.1 Å². The average Bonchev–Trinajstić information content (AvgIpc) is 3.62. The van der Waals surface area contributed by atoms with Crippen LogP contribution in [-0.2, 0) is 46.3 Å². The van der Waals surface area contributed by atoms with Crippen molar-refractivity contribution in [2.45, 2.75) is 173 Å². The third kappa shape index (κ3) is 31.9. The number of nitrogen functional groups attached to an aromatic ring is 1. The molecule has 2 rings (SSSR count). The van der Waals surface area contributed by atoms with Gasteiger partial charge < -0.3 is 45.1 Å². The normalized spacial score (nSPS) is 20.2. The molecular weight excluding hydrogens is 985 g/mol. The van der Waals surface area contributed by atoms with Gasteiger partial charge in [-0.3, -0.25) is 23.2 Å². The maximum atomic E-state index is 12.8. The molecule has 2 heterocycles. The number of esters is 2. The Hall–Kier alpha value is -4.36. The van der Waals surface area contributed by atoms with E-state index in [-0.39, 0.29) is 18.7 Å². The fourth-order valence-corrected chi connectivity index (χ4v) is 8.84. The van der Waals surface area contributed by atoms with Crippen LogP contribution >= 0.6 is 15.6 Å². The molecular formula is C52H81N3O16P2. The fraction of sp³-hybridized carbons (Fsp3) is 0.577. The van der Waals surface area contributed by atoms with Crippen LogP contribution in [0.2, 0.25) is 0 Å². The largest absolute Gasteiger partial charge is 0.481 e. The highest BCUT2D eigenvalue weighted by atomic mass is 31.3. The predicted octanol–water partition coefficient (Wildman–Crippen LogP) is 9.41. The van der Waals surface area contributed by atoms with Crippen LogP contribution < -0.4 is 11.4 Å². The minimum Gasteiger partial charge on any atom is -0.462 e. The molecule has 410 valence electrons. The first kappa shape index (κ1) is 64.8. The number of allylic oxidation sites excluding steroid dienone is 15. The first-order valence-electron chi connectivity index (χ1n) is 25.3. The molecule has 1 fully saturated rings. The number of unbranched alkanes of at least 4 members (excludes halogenated alkanes) is 6. The zero-order valence-electron chi connectivity index (χ0n) is 42.5. The molecule has 0 radical (unpaired) electrons. The summed E-state index contributed by atoms with van der Waals surface area (Å²) in [5, 5.41) is 30.8. The summed E-state index contributed by atoms with van der Waals surface area (Å²) in [5.74, 6) is -1.47. The van der Waals surface area contributed by atoms with Crippen molar-refractivity contribution in [1.29, 1.82) is 0 Å². The van der Waals surface area contributed by atoms with Crippen molar-refractivity contribution in [3.63, 3.8) is 0 Å². The number of aliphatic hydroxyl groups is 3. The number of aromatic nitrogens is 2.